The molecule has 2 aromatic rings. The molecule has 3 heterocycles. The number of aromatic amines is 2. The quantitative estimate of drug-likeness (QED) is 0.894. The van der Waals surface area contributed by atoms with Gasteiger partial charge in [0.1, 0.15) is 11.5 Å². The second kappa shape index (κ2) is 5.34. The second-order valence-corrected chi connectivity index (χ2v) is 7.84. The lowest BCUT2D eigenvalue weighted by Crippen LogP contribution is -2.29. The van der Waals surface area contributed by atoms with E-state index in [1.165, 1.54) is 25.7 Å². The molecule has 0 spiro atoms. The summed E-state index contributed by atoms with van der Waals surface area (Å²) in [6.07, 6.45) is 6.58. The van der Waals surface area contributed by atoms with E-state index in [2.05, 4.69) is 15.2 Å². The Morgan fingerprint density at radius 1 is 1.25 bits per heavy atom. The van der Waals surface area contributed by atoms with Crippen molar-refractivity contribution in [2.45, 2.75) is 37.5 Å². The highest BCUT2D eigenvalue weighted by Gasteiger charge is 2.46. The molecule has 3 aliphatic rings. The first-order valence-corrected chi connectivity index (χ1v) is 9.12. The van der Waals surface area contributed by atoms with Crippen LogP contribution in [-0.2, 0) is 0 Å². The normalized spacial score (nSPS) is 27.0. The van der Waals surface area contributed by atoms with Crippen molar-refractivity contribution in [2.75, 3.05) is 13.1 Å². The predicted molar refractivity (Wildman–Crippen MR) is 89.0 cm³/mol. The highest BCUT2D eigenvalue weighted by Crippen LogP contribution is 2.47. The Balaban J connectivity index is 1.38. The van der Waals surface area contributed by atoms with Gasteiger partial charge in [-0.25, -0.2) is 4.98 Å². The van der Waals surface area contributed by atoms with E-state index in [1.807, 2.05) is 4.90 Å². The zero-order valence-electron chi connectivity index (χ0n) is 13.3. The van der Waals surface area contributed by atoms with Gasteiger partial charge in [0.25, 0.3) is 5.91 Å². The number of H-pyrrole nitrogens is 2. The van der Waals surface area contributed by atoms with Crippen LogP contribution in [0.3, 0.4) is 0 Å². The third-order valence-electron chi connectivity index (χ3n) is 5.57. The summed E-state index contributed by atoms with van der Waals surface area (Å²) in [5.74, 6) is 3.97. The van der Waals surface area contributed by atoms with E-state index in [0.717, 1.165) is 24.1 Å². The van der Waals surface area contributed by atoms with Crippen molar-refractivity contribution >= 4 is 17.5 Å². The lowest BCUT2D eigenvalue weighted by atomic mass is 9.91. The first-order chi connectivity index (χ1) is 11.7. The molecule has 2 N–H and O–H groups in total. The molecule has 5 rings (SSSR count). The van der Waals surface area contributed by atoms with Gasteiger partial charge in [-0.15, -0.1) is 0 Å². The van der Waals surface area contributed by atoms with Gasteiger partial charge in [-0.1, -0.05) is 11.6 Å². The monoisotopic (exact) mass is 345 g/mol. The number of hydrogen-bond acceptors (Lipinski definition) is 3. The minimum atomic E-state index is 0.0250. The van der Waals surface area contributed by atoms with E-state index in [0.29, 0.717) is 29.1 Å². The van der Waals surface area contributed by atoms with Crippen molar-refractivity contribution in [1.29, 1.82) is 0 Å². The number of aromatic nitrogens is 4. The first kappa shape index (κ1) is 14.5. The molecule has 2 aromatic heterocycles. The van der Waals surface area contributed by atoms with E-state index >= 15 is 0 Å². The molecule has 0 aromatic carbocycles. The van der Waals surface area contributed by atoms with E-state index < -0.39 is 0 Å². The largest absolute Gasteiger partial charge is 0.356 e. The number of halogens is 1. The zero-order chi connectivity index (χ0) is 16.3. The smallest absolute Gasteiger partial charge is 0.270 e. The maximum atomic E-state index is 12.7. The average Bonchev–Trinajstić information content (AvgIpc) is 3.47. The molecule has 1 aliphatic heterocycles. The van der Waals surface area contributed by atoms with Crippen LogP contribution >= 0.6 is 11.6 Å². The van der Waals surface area contributed by atoms with Gasteiger partial charge >= 0.3 is 0 Å². The molecule has 0 bridgehead atoms. The Kier molecular flexibility index (Phi) is 3.23. The molecule has 1 amide bonds. The number of carbonyl (C=O) groups excluding carboxylic acids is 1. The molecular weight excluding hydrogens is 326 g/mol. The van der Waals surface area contributed by atoms with Gasteiger partial charge in [-0.2, -0.15) is 5.10 Å². The van der Waals surface area contributed by atoms with Gasteiger partial charge in [0.05, 0.1) is 5.02 Å². The van der Waals surface area contributed by atoms with Crippen LogP contribution in [0, 0.1) is 11.8 Å². The van der Waals surface area contributed by atoms with Crippen molar-refractivity contribution in [2.24, 2.45) is 11.8 Å². The zero-order valence-corrected chi connectivity index (χ0v) is 14.1. The Labute approximate surface area is 145 Å². The molecule has 1 saturated heterocycles. The molecule has 24 heavy (non-hydrogen) atoms. The fourth-order valence-electron chi connectivity index (χ4n) is 3.93. The highest BCUT2D eigenvalue weighted by molar-refractivity contribution is 6.30. The number of nitrogens with one attached hydrogen (secondary N) is 2. The second-order valence-electron chi connectivity index (χ2n) is 7.40. The Bertz CT molecular complexity index is 776. The minimum absolute atomic E-state index is 0.0250. The topological polar surface area (TPSA) is 77.7 Å². The van der Waals surface area contributed by atoms with E-state index in [1.54, 1.807) is 12.3 Å². The van der Waals surface area contributed by atoms with Gasteiger partial charge in [0.15, 0.2) is 5.82 Å². The molecule has 2 saturated carbocycles. The molecule has 2 atom stereocenters. The summed E-state index contributed by atoms with van der Waals surface area (Å²) < 4.78 is 0. The number of hydrogen-bond donors (Lipinski definition) is 2. The molecule has 2 aliphatic carbocycles. The van der Waals surface area contributed by atoms with Gasteiger partial charge in [-0.3, -0.25) is 9.89 Å². The summed E-state index contributed by atoms with van der Waals surface area (Å²) in [6.45, 7) is 1.50. The van der Waals surface area contributed by atoms with Crippen LogP contribution in [0.1, 0.15) is 59.7 Å². The predicted octanol–water partition coefficient (Wildman–Crippen LogP) is 2.93. The Morgan fingerprint density at radius 3 is 2.75 bits per heavy atom. The Morgan fingerprint density at radius 2 is 2.08 bits per heavy atom. The number of amides is 1. The summed E-state index contributed by atoms with van der Waals surface area (Å²) >= 11 is 5.94. The maximum absolute atomic E-state index is 12.7. The van der Waals surface area contributed by atoms with Crippen LogP contribution in [0.5, 0.6) is 0 Å². The van der Waals surface area contributed by atoms with Gasteiger partial charge in [0, 0.05) is 31.1 Å². The first-order valence-electron chi connectivity index (χ1n) is 8.74. The van der Waals surface area contributed by atoms with E-state index in [9.17, 15) is 4.79 Å². The summed E-state index contributed by atoms with van der Waals surface area (Å²) in [6, 6.07) is 1.70. The van der Waals surface area contributed by atoms with Gasteiger partial charge < -0.3 is 9.88 Å². The third-order valence-corrected chi connectivity index (χ3v) is 5.79. The standard InChI is InChI=1S/C17H20ClN5O/c18-11-5-14(19-6-11)17(24)23-7-12(9-1-2-9)13(8-23)16-20-15(21-22-16)10-3-4-10/h5-6,9-10,12-13,19H,1-4,7-8H2,(H,20,21,22)/t12-,13+/m1/s1. The summed E-state index contributed by atoms with van der Waals surface area (Å²) in [7, 11) is 0. The van der Waals surface area contributed by atoms with Crippen LogP contribution in [-0.4, -0.2) is 44.1 Å². The van der Waals surface area contributed by atoms with Crippen molar-refractivity contribution in [3.63, 3.8) is 0 Å². The lowest BCUT2D eigenvalue weighted by Gasteiger charge is -2.15. The molecule has 7 heteroatoms. The molecule has 0 unspecified atom stereocenters. The van der Waals surface area contributed by atoms with Crippen molar-refractivity contribution in [3.8, 4) is 0 Å². The Hall–Kier alpha value is -1.82. The molecule has 0 radical (unpaired) electrons. The number of rotatable bonds is 4. The van der Waals surface area contributed by atoms with Crippen LogP contribution in [0.25, 0.3) is 0 Å². The molecule has 126 valence electrons. The van der Waals surface area contributed by atoms with Crippen LogP contribution in [0.4, 0.5) is 0 Å². The average molecular weight is 346 g/mol. The van der Waals surface area contributed by atoms with Crippen LogP contribution in [0.2, 0.25) is 5.02 Å². The minimum Gasteiger partial charge on any atom is -0.356 e. The van der Waals surface area contributed by atoms with Crippen molar-refractivity contribution < 1.29 is 4.79 Å². The molecule has 3 fully saturated rings. The van der Waals surface area contributed by atoms with Gasteiger partial charge in [-0.05, 0) is 43.6 Å². The summed E-state index contributed by atoms with van der Waals surface area (Å²) in [5, 5.41) is 8.13. The lowest BCUT2D eigenvalue weighted by molar-refractivity contribution is 0.0779. The highest BCUT2D eigenvalue weighted by atomic mass is 35.5. The number of likely N-dealkylation sites (tertiary alicyclic amines) is 1. The third kappa shape index (κ3) is 2.53. The fourth-order valence-corrected chi connectivity index (χ4v) is 4.09. The van der Waals surface area contributed by atoms with Crippen LogP contribution < -0.4 is 0 Å². The van der Waals surface area contributed by atoms with Crippen molar-refractivity contribution in [3.05, 3.63) is 34.6 Å². The number of carbonyl (C=O) groups is 1. The number of nitrogens with zero attached hydrogens (tertiary/aromatic N) is 3. The van der Waals surface area contributed by atoms with E-state index in [4.69, 9.17) is 16.6 Å². The SMILES string of the molecule is O=C(c1cc(Cl)c[nH]1)N1C[C@H](c2nc(C3CC3)n[nH]2)[C@@H](C2CC2)C1. The van der Waals surface area contributed by atoms with Gasteiger partial charge in [0.2, 0.25) is 0 Å². The van der Waals surface area contributed by atoms with E-state index in [-0.39, 0.29) is 11.8 Å². The fraction of sp³-hybridized carbons (Fsp3) is 0.588. The summed E-state index contributed by atoms with van der Waals surface area (Å²) in [4.78, 5) is 22.4. The summed E-state index contributed by atoms with van der Waals surface area (Å²) in [5.41, 5.74) is 0.562. The van der Waals surface area contributed by atoms with Crippen LogP contribution in [0.15, 0.2) is 12.3 Å². The van der Waals surface area contributed by atoms with Crippen molar-refractivity contribution in [1.82, 2.24) is 25.1 Å². The maximum Gasteiger partial charge on any atom is 0.270 e. The molecular formula is C17H20ClN5O. The molecule has 6 nitrogen and oxygen atoms in total.